The Labute approximate surface area is 196 Å². The fourth-order valence-corrected chi connectivity index (χ4v) is 4.92. The van der Waals surface area contributed by atoms with E-state index in [1.165, 1.54) is 24.8 Å². The molecule has 0 aliphatic heterocycles. The van der Waals surface area contributed by atoms with Gasteiger partial charge in [0.1, 0.15) is 23.6 Å². The molecule has 4 rings (SSSR count). The smallest absolute Gasteiger partial charge is 0.150 e. The van der Waals surface area contributed by atoms with Gasteiger partial charge in [0.15, 0.2) is 0 Å². The van der Waals surface area contributed by atoms with Crippen LogP contribution in [-0.4, -0.2) is 58.0 Å². The van der Waals surface area contributed by atoms with E-state index in [2.05, 4.69) is 78.5 Å². The maximum absolute atomic E-state index is 4.58. The number of aromatic amines is 1. The van der Waals surface area contributed by atoms with Crippen LogP contribution in [0.5, 0.6) is 0 Å². The summed E-state index contributed by atoms with van der Waals surface area (Å²) < 4.78 is 2.35. The van der Waals surface area contributed by atoms with Crippen molar-refractivity contribution < 1.29 is 0 Å². The van der Waals surface area contributed by atoms with E-state index in [0.29, 0.717) is 12.0 Å². The Balaban J connectivity index is 1.32. The molecule has 178 valence electrons. The highest BCUT2D eigenvalue weighted by atomic mass is 15.3. The molecule has 3 aromatic rings. The van der Waals surface area contributed by atoms with Crippen LogP contribution >= 0.6 is 0 Å². The summed E-state index contributed by atoms with van der Waals surface area (Å²) in [5, 5.41) is 15.3. The monoisotopic (exact) mass is 450 g/mol. The average Bonchev–Trinajstić information content (AvgIpc) is 3.60. The van der Waals surface area contributed by atoms with Crippen molar-refractivity contribution in [1.29, 1.82) is 0 Å². The number of nitrogens with one attached hydrogen (secondary N) is 3. The molecule has 1 saturated carbocycles. The SMILES string of the molecule is C/C=C(\C)CCNCCCN(C[C@@H]1CC[C@H](n2ccc3c(NC)ncnc32)C1)c1cc[nH]n1. The zero-order chi connectivity index (χ0) is 23.0. The Morgan fingerprint density at radius 1 is 1.27 bits per heavy atom. The molecule has 0 saturated heterocycles. The van der Waals surface area contributed by atoms with Gasteiger partial charge in [0.25, 0.3) is 0 Å². The van der Waals surface area contributed by atoms with Crippen LogP contribution in [0.4, 0.5) is 11.6 Å². The van der Waals surface area contributed by atoms with E-state index in [0.717, 1.165) is 61.7 Å². The first kappa shape index (κ1) is 23.3. The first-order valence-electron chi connectivity index (χ1n) is 12.3. The van der Waals surface area contributed by atoms with Gasteiger partial charge < -0.3 is 20.1 Å². The van der Waals surface area contributed by atoms with Gasteiger partial charge in [-0.15, -0.1) is 0 Å². The number of H-pyrrole nitrogens is 1. The molecule has 2 atom stereocenters. The lowest BCUT2D eigenvalue weighted by Gasteiger charge is -2.26. The van der Waals surface area contributed by atoms with Gasteiger partial charge in [-0.05, 0) is 71.0 Å². The number of anilines is 2. The van der Waals surface area contributed by atoms with Crippen LogP contribution in [0.2, 0.25) is 0 Å². The Morgan fingerprint density at radius 3 is 2.97 bits per heavy atom. The highest BCUT2D eigenvalue weighted by Gasteiger charge is 2.29. The fourth-order valence-electron chi connectivity index (χ4n) is 4.92. The maximum atomic E-state index is 4.58. The van der Waals surface area contributed by atoms with E-state index < -0.39 is 0 Å². The lowest BCUT2D eigenvalue weighted by molar-refractivity contribution is 0.474. The lowest BCUT2D eigenvalue weighted by Crippen LogP contribution is -2.32. The largest absolute Gasteiger partial charge is 0.372 e. The molecule has 0 radical (unpaired) electrons. The standard InChI is InChI=1S/C25H38N8/c1-4-19(2)8-12-27-11-5-14-32(23-9-13-30-31-23)17-20-6-7-21(16-20)33-15-10-22-24(26-3)28-18-29-25(22)33/h4,9-10,13,15,18,20-21,27H,5-8,11-12,14,16-17H2,1-3H3,(H,30,31)(H,26,28,29)/b19-4+/t20-,21+/m1/s1. The van der Waals surface area contributed by atoms with Gasteiger partial charge >= 0.3 is 0 Å². The predicted molar refractivity (Wildman–Crippen MR) is 136 cm³/mol. The number of allylic oxidation sites excluding steroid dienone is 1. The molecular weight excluding hydrogens is 412 g/mol. The van der Waals surface area contributed by atoms with E-state index in [9.17, 15) is 0 Å². The van der Waals surface area contributed by atoms with Crippen LogP contribution < -0.4 is 15.5 Å². The molecule has 8 nitrogen and oxygen atoms in total. The van der Waals surface area contributed by atoms with Gasteiger partial charge in [-0.3, -0.25) is 5.10 Å². The van der Waals surface area contributed by atoms with Crippen molar-refractivity contribution >= 4 is 22.7 Å². The van der Waals surface area contributed by atoms with E-state index in [-0.39, 0.29) is 0 Å². The summed E-state index contributed by atoms with van der Waals surface area (Å²) in [4.78, 5) is 11.4. The third-order valence-corrected chi connectivity index (χ3v) is 6.91. The summed E-state index contributed by atoms with van der Waals surface area (Å²) in [7, 11) is 1.91. The summed E-state index contributed by atoms with van der Waals surface area (Å²) in [6.45, 7) is 8.46. The molecule has 3 heterocycles. The normalized spacial score (nSPS) is 18.8. The summed E-state index contributed by atoms with van der Waals surface area (Å²) in [6.07, 6.45) is 13.8. The fraction of sp³-hybridized carbons (Fsp3) is 0.560. The Morgan fingerprint density at radius 2 is 2.18 bits per heavy atom. The van der Waals surface area contributed by atoms with Crippen molar-refractivity contribution in [3.63, 3.8) is 0 Å². The summed E-state index contributed by atoms with van der Waals surface area (Å²) in [5.74, 6) is 2.61. The average molecular weight is 451 g/mol. The second-order valence-corrected chi connectivity index (χ2v) is 9.13. The Hall–Kier alpha value is -2.87. The molecule has 3 aromatic heterocycles. The van der Waals surface area contributed by atoms with Crippen molar-refractivity contribution in [3.05, 3.63) is 42.5 Å². The maximum Gasteiger partial charge on any atom is 0.150 e. The van der Waals surface area contributed by atoms with Crippen LogP contribution in [0.25, 0.3) is 11.0 Å². The van der Waals surface area contributed by atoms with Gasteiger partial charge in [0.05, 0.1) is 5.39 Å². The second-order valence-electron chi connectivity index (χ2n) is 9.13. The number of rotatable bonds is 12. The third-order valence-electron chi connectivity index (χ3n) is 6.91. The second kappa shape index (κ2) is 11.3. The molecule has 1 aliphatic carbocycles. The van der Waals surface area contributed by atoms with Crippen molar-refractivity contribution in [2.24, 2.45) is 5.92 Å². The van der Waals surface area contributed by atoms with E-state index in [4.69, 9.17) is 0 Å². The van der Waals surface area contributed by atoms with E-state index >= 15 is 0 Å². The number of hydrogen-bond acceptors (Lipinski definition) is 6. The van der Waals surface area contributed by atoms with Crippen LogP contribution in [0, 0.1) is 5.92 Å². The molecule has 8 heteroatoms. The van der Waals surface area contributed by atoms with Gasteiger partial charge in [-0.25, -0.2) is 9.97 Å². The minimum atomic E-state index is 0.490. The summed E-state index contributed by atoms with van der Waals surface area (Å²) in [5.41, 5.74) is 2.48. The quantitative estimate of drug-likeness (QED) is 0.280. The van der Waals surface area contributed by atoms with Crippen molar-refractivity contribution in [3.8, 4) is 0 Å². The summed E-state index contributed by atoms with van der Waals surface area (Å²) >= 11 is 0. The molecule has 0 bridgehead atoms. The molecule has 1 fully saturated rings. The molecule has 0 aromatic carbocycles. The number of fused-ring (bicyclic) bond motifs is 1. The van der Waals surface area contributed by atoms with Crippen LogP contribution in [-0.2, 0) is 0 Å². The van der Waals surface area contributed by atoms with E-state index in [1.807, 2.05) is 13.2 Å². The van der Waals surface area contributed by atoms with Crippen LogP contribution in [0.1, 0.15) is 52.0 Å². The minimum absolute atomic E-state index is 0.490. The molecule has 0 amide bonds. The Kier molecular flexibility index (Phi) is 7.99. The van der Waals surface area contributed by atoms with Gasteiger partial charge in [-0.1, -0.05) is 11.6 Å². The van der Waals surface area contributed by atoms with E-state index in [1.54, 1.807) is 6.33 Å². The van der Waals surface area contributed by atoms with Crippen LogP contribution in [0.15, 0.2) is 42.5 Å². The molecule has 1 aliphatic rings. The topological polar surface area (TPSA) is 86.7 Å². The molecule has 0 unspecified atom stereocenters. The first-order valence-corrected chi connectivity index (χ1v) is 12.3. The highest BCUT2D eigenvalue weighted by Crippen LogP contribution is 2.37. The van der Waals surface area contributed by atoms with Gasteiger partial charge in [-0.2, -0.15) is 5.10 Å². The van der Waals surface area contributed by atoms with Gasteiger partial charge in [0, 0.05) is 44.6 Å². The number of nitrogens with zero attached hydrogens (tertiary/aromatic N) is 5. The van der Waals surface area contributed by atoms with Gasteiger partial charge in [0.2, 0.25) is 0 Å². The molecule has 0 spiro atoms. The predicted octanol–water partition coefficient (Wildman–Crippen LogP) is 4.38. The van der Waals surface area contributed by atoms with Crippen LogP contribution in [0.3, 0.4) is 0 Å². The Bertz CT molecular complexity index is 1020. The highest BCUT2D eigenvalue weighted by molar-refractivity contribution is 5.87. The van der Waals surface area contributed by atoms with Crippen molar-refractivity contribution in [2.75, 3.05) is 43.4 Å². The number of aromatic nitrogens is 5. The zero-order valence-electron chi connectivity index (χ0n) is 20.2. The minimum Gasteiger partial charge on any atom is -0.372 e. The summed E-state index contributed by atoms with van der Waals surface area (Å²) in [6, 6.07) is 4.71. The molecular formula is C25H38N8. The number of hydrogen-bond donors (Lipinski definition) is 3. The lowest BCUT2D eigenvalue weighted by atomic mass is 10.1. The zero-order valence-corrected chi connectivity index (χ0v) is 20.2. The molecule has 33 heavy (non-hydrogen) atoms. The third kappa shape index (κ3) is 5.74. The van der Waals surface area contributed by atoms with Crippen molar-refractivity contribution in [1.82, 2.24) is 30.0 Å². The van der Waals surface area contributed by atoms with Crippen molar-refractivity contribution in [2.45, 2.75) is 52.0 Å². The first-order chi connectivity index (χ1) is 16.2. The molecule has 3 N–H and O–H groups in total.